The van der Waals surface area contributed by atoms with Crippen LogP contribution < -0.4 is 14.8 Å². The van der Waals surface area contributed by atoms with E-state index in [4.69, 9.17) is 9.47 Å². The minimum Gasteiger partial charge on any atom is -0.490 e. The fourth-order valence-electron chi connectivity index (χ4n) is 2.91. The molecule has 1 aliphatic rings. The van der Waals surface area contributed by atoms with Gasteiger partial charge in [-0.2, -0.15) is 0 Å². The number of ether oxygens (including phenoxy) is 2. The third-order valence-corrected chi connectivity index (χ3v) is 3.84. The first-order valence-corrected chi connectivity index (χ1v) is 7.90. The minimum absolute atomic E-state index is 0.111. The Morgan fingerprint density at radius 1 is 1.14 bits per heavy atom. The maximum Gasteiger partial charge on any atom is 0.161 e. The van der Waals surface area contributed by atoms with Crippen LogP contribution in [-0.2, 0) is 6.42 Å². The summed E-state index contributed by atoms with van der Waals surface area (Å²) in [7, 11) is 0. The Morgan fingerprint density at radius 2 is 1.91 bits per heavy atom. The van der Waals surface area contributed by atoms with Gasteiger partial charge in [-0.15, -0.1) is 0 Å². The Morgan fingerprint density at radius 3 is 2.59 bits per heavy atom. The molecule has 4 nitrogen and oxygen atoms in total. The molecule has 0 fully saturated rings. The number of benzene rings is 1. The Kier molecular flexibility index (Phi) is 4.59. The second-order valence-electron chi connectivity index (χ2n) is 5.26. The molecule has 0 amide bonds. The minimum atomic E-state index is 0.111. The number of rotatable bonds is 5. The van der Waals surface area contributed by atoms with E-state index in [-0.39, 0.29) is 6.04 Å². The lowest BCUT2D eigenvalue weighted by molar-refractivity contribution is 0.286. The van der Waals surface area contributed by atoms with Crippen molar-refractivity contribution in [1.29, 1.82) is 0 Å². The third kappa shape index (κ3) is 2.92. The topological polar surface area (TPSA) is 43.4 Å². The van der Waals surface area contributed by atoms with Gasteiger partial charge in [-0.3, -0.25) is 4.98 Å². The van der Waals surface area contributed by atoms with Crippen LogP contribution in [0.25, 0.3) is 0 Å². The first-order chi connectivity index (χ1) is 10.8. The molecule has 0 spiro atoms. The molecule has 0 radical (unpaired) electrons. The molecule has 116 valence electrons. The molecule has 2 heterocycles. The van der Waals surface area contributed by atoms with Crippen LogP contribution in [0.1, 0.15) is 36.7 Å². The van der Waals surface area contributed by atoms with Crippen molar-refractivity contribution in [3.8, 4) is 11.5 Å². The summed E-state index contributed by atoms with van der Waals surface area (Å²) in [6.45, 7) is 6.19. The maximum atomic E-state index is 5.77. The summed E-state index contributed by atoms with van der Waals surface area (Å²) in [5.74, 6) is 1.65. The number of aromatic nitrogens is 1. The zero-order valence-electron chi connectivity index (χ0n) is 13.1. The van der Waals surface area contributed by atoms with Crippen LogP contribution in [0.2, 0.25) is 0 Å². The molecule has 1 N–H and O–H groups in total. The summed E-state index contributed by atoms with van der Waals surface area (Å²) >= 11 is 0. The van der Waals surface area contributed by atoms with Gasteiger partial charge in [-0.25, -0.2) is 0 Å². The van der Waals surface area contributed by atoms with Crippen molar-refractivity contribution < 1.29 is 9.47 Å². The Labute approximate surface area is 131 Å². The van der Waals surface area contributed by atoms with Crippen LogP contribution in [-0.4, -0.2) is 24.7 Å². The molecular formula is C18H22N2O2. The normalized spacial score (nSPS) is 16.9. The van der Waals surface area contributed by atoms with Crippen molar-refractivity contribution in [1.82, 2.24) is 10.3 Å². The van der Waals surface area contributed by atoms with Crippen molar-refractivity contribution in [2.75, 3.05) is 19.8 Å². The molecule has 1 aliphatic heterocycles. The zero-order valence-corrected chi connectivity index (χ0v) is 13.1. The molecule has 1 aromatic heterocycles. The Hall–Kier alpha value is -2.07. The van der Waals surface area contributed by atoms with Crippen molar-refractivity contribution in [3.05, 3.63) is 53.3 Å². The fourth-order valence-corrected chi connectivity index (χ4v) is 2.91. The van der Waals surface area contributed by atoms with E-state index < -0.39 is 0 Å². The summed E-state index contributed by atoms with van der Waals surface area (Å²) in [6, 6.07) is 10.4. The monoisotopic (exact) mass is 298 g/mol. The van der Waals surface area contributed by atoms with Crippen molar-refractivity contribution >= 4 is 0 Å². The predicted molar refractivity (Wildman–Crippen MR) is 86.6 cm³/mol. The van der Waals surface area contributed by atoms with Gasteiger partial charge >= 0.3 is 0 Å². The van der Waals surface area contributed by atoms with Crippen molar-refractivity contribution in [2.24, 2.45) is 0 Å². The highest BCUT2D eigenvalue weighted by Crippen LogP contribution is 2.37. The molecule has 0 aliphatic carbocycles. The van der Waals surface area contributed by atoms with Gasteiger partial charge in [0.25, 0.3) is 0 Å². The van der Waals surface area contributed by atoms with Gasteiger partial charge in [-0.05, 0) is 55.7 Å². The molecule has 22 heavy (non-hydrogen) atoms. The van der Waals surface area contributed by atoms with Gasteiger partial charge in [-0.1, -0.05) is 6.07 Å². The molecule has 1 unspecified atom stereocenters. The van der Waals surface area contributed by atoms with E-state index in [1.54, 1.807) is 0 Å². The third-order valence-electron chi connectivity index (χ3n) is 3.84. The van der Waals surface area contributed by atoms with Gasteiger partial charge in [0.05, 0.1) is 24.9 Å². The van der Waals surface area contributed by atoms with E-state index in [1.165, 1.54) is 11.1 Å². The highest BCUT2D eigenvalue weighted by molar-refractivity contribution is 5.51. The summed E-state index contributed by atoms with van der Waals surface area (Å²) in [4.78, 5) is 4.50. The standard InChI is InChI=1S/C18H22N2O2/c1-3-21-16-11-13-8-10-20-18(15-7-5-6-9-19-15)14(13)12-17(16)22-4-2/h5-7,9,11-12,18,20H,3-4,8,10H2,1-2H3. The smallest absolute Gasteiger partial charge is 0.161 e. The lowest BCUT2D eigenvalue weighted by Gasteiger charge is -2.28. The van der Waals surface area contributed by atoms with Crippen LogP contribution in [0.15, 0.2) is 36.5 Å². The first kappa shape index (κ1) is 14.9. The molecule has 3 rings (SSSR count). The maximum absolute atomic E-state index is 5.77. The number of nitrogens with one attached hydrogen (secondary N) is 1. The summed E-state index contributed by atoms with van der Waals surface area (Å²) in [6.07, 6.45) is 2.83. The van der Waals surface area contributed by atoms with E-state index in [9.17, 15) is 0 Å². The van der Waals surface area contributed by atoms with E-state index in [0.717, 1.165) is 30.2 Å². The SMILES string of the molecule is CCOc1cc2c(cc1OCC)C(c1ccccn1)NCC2. The van der Waals surface area contributed by atoms with E-state index in [1.807, 2.05) is 32.2 Å². The second-order valence-corrected chi connectivity index (χ2v) is 5.26. The van der Waals surface area contributed by atoms with E-state index in [2.05, 4.69) is 28.5 Å². The van der Waals surface area contributed by atoms with Crippen LogP contribution in [0, 0.1) is 0 Å². The van der Waals surface area contributed by atoms with E-state index >= 15 is 0 Å². The van der Waals surface area contributed by atoms with Gasteiger partial charge in [0.15, 0.2) is 11.5 Å². The van der Waals surface area contributed by atoms with Crippen LogP contribution in [0.3, 0.4) is 0 Å². The second kappa shape index (κ2) is 6.79. The quantitative estimate of drug-likeness (QED) is 0.921. The van der Waals surface area contributed by atoms with E-state index in [0.29, 0.717) is 13.2 Å². The average Bonchev–Trinajstić information content (AvgIpc) is 2.56. The van der Waals surface area contributed by atoms with Crippen molar-refractivity contribution in [2.45, 2.75) is 26.3 Å². The zero-order chi connectivity index (χ0) is 15.4. The first-order valence-electron chi connectivity index (χ1n) is 7.90. The lowest BCUT2D eigenvalue weighted by Crippen LogP contribution is -2.31. The van der Waals surface area contributed by atoms with Gasteiger partial charge in [0, 0.05) is 12.7 Å². The highest BCUT2D eigenvalue weighted by atomic mass is 16.5. The number of hydrogen-bond acceptors (Lipinski definition) is 4. The predicted octanol–water partition coefficient (Wildman–Crippen LogP) is 3.11. The molecule has 4 heteroatoms. The summed E-state index contributed by atoms with van der Waals surface area (Å²) in [5.41, 5.74) is 3.58. The van der Waals surface area contributed by atoms with Crippen LogP contribution in [0.4, 0.5) is 0 Å². The van der Waals surface area contributed by atoms with Gasteiger partial charge in [0.1, 0.15) is 0 Å². The van der Waals surface area contributed by atoms with Crippen LogP contribution in [0.5, 0.6) is 11.5 Å². The molecule has 0 saturated heterocycles. The average molecular weight is 298 g/mol. The van der Waals surface area contributed by atoms with Gasteiger partial charge in [0.2, 0.25) is 0 Å². The molecule has 1 aromatic carbocycles. The fraction of sp³-hybridized carbons (Fsp3) is 0.389. The van der Waals surface area contributed by atoms with Crippen molar-refractivity contribution in [3.63, 3.8) is 0 Å². The molecule has 1 atom stereocenters. The number of nitrogens with zero attached hydrogens (tertiary/aromatic N) is 1. The molecular weight excluding hydrogens is 276 g/mol. The molecule has 0 saturated carbocycles. The van der Waals surface area contributed by atoms with Gasteiger partial charge < -0.3 is 14.8 Å². The number of pyridine rings is 1. The largest absolute Gasteiger partial charge is 0.490 e. The number of hydrogen-bond donors (Lipinski definition) is 1. The summed E-state index contributed by atoms with van der Waals surface area (Å²) < 4.78 is 11.5. The van der Waals surface area contributed by atoms with Crippen LogP contribution >= 0.6 is 0 Å². The summed E-state index contributed by atoms with van der Waals surface area (Å²) in [5, 5.41) is 3.55. The molecule has 0 bridgehead atoms. The highest BCUT2D eigenvalue weighted by Gasteiger charge is 2.24. The number of fused-ring (bicyclic) bond motifs is 1. The molecule has 2 aromatic rings. The lowest BCUT2D eigenvalue weighted by atomic mass is 9.91. The Bertz CT molecular complexity index is 628. The Balaban J connectivity index is 2.03.